The molecule has 3 aromatic rings. The van der Waals surface area contributed by atoms with Gasteiger partial charge in [-0.15, -0.1) is 0 Å². The average Bonchev–Trinajstić information content (AvgIpc) is 3.18. The first kappa shape index (κ1) is 17.0. The van der Waals surface area contributed by atoms with Crippen LogP contribution in [0.3, 0.4) is 0 Å². The molecule has 2 N–H and O–H groups in total. The van der Waals surface area contributed by atoms with E-state index in [9.17, 15) is 9.59 Å². The Labute approximate surface area is 152 Å². The lowest BCUT2D eigenvalue weighted by molar-refractivity contribution is -0.115. The van der Waals surface area contributed by atoms with Crippen molar-refractivity contribution in [3.8, 4) is 0 Å². The normalized spacial score (nSPS) is 10.5. The summed E-state index contributed by atoms with van der Waals surface area (Å²) in [4.78, 5) is 24.0. The smallest absolute Gasteiger partial charge is 0.291 e. The van der Waals surface area contributed by atoms with Crippen LogP contribution < -0.4 is 10.6 Å². The van der Waals surface area contributed by atoms with Gasteiger partial charge in [-0.05, 0) is 45.8 Å². The van der Waals surface area contributed by atoms with Crippen molar-refractivity contribution in [1.29, 1.82) is 0 Å². The molecule has 0 radical (unpaired) electrons. The first-order chi connectivity index (χ1) is 12.0. The summed E-state index contributed by atoms with van der Waals surface area (Å²) in [7, 11) is 1.78. The molecule has 0 saturated carbocycles. The van der Waals surface area contributed by atoms with Crippen LogP contribution >= 0.6 is 15.9 Å². The molecule has 7 nitrogen and oxygen atoms in total. The number of benzene rings is 1. The third kappa shape index (κ3) is 4.57. The van der Waals surface area contributed by atoms with Crippen molar-refractivity contribution in [3.63, 3.8) is 0 Å². The van der Waals surface area contributed by atoms with Gasteiger partial charge in [-0.25, -0.2) is 0 Å². The number of amides is 2. The summed E-state index contributed by atoms with van der Waals surface area (Å²) in [6.07, 6.45) is 3.54. The highest BCUT2D eigenvalue weighted by atomic mass is 79.9. The van der Waals surface area contributed by atoms with E-state index < -0.39 is 0 Å². The largest absolute Gasteiger partial charge is 0.444 e. The van der Waals surface area contributed by atoms with Gasteiger partial charge in [0.25, 0.3) is 5.91 Å². The van der Waals surface area contributed by atoms with E-state index in [0.29, 0.717) is 16.0 Å². The standard InChI is InChI=1S/C17H15BrN4O3/c1-22-10-13(9-19-22)20-16(23)8-11-2-4-12(5-3-11)21-17(24)14-6-7-15(18)25-14/h2-7,9-10H,8H2,1H3,(H,20,23)(H,21,24). The van der Waals surface area contributed by atoms with Gasteiger partial charge in [0.2, 0.25) is 5.91 Å². The summed E-state index contributed by atoms with van der Waals surface area (Å²) in [6.45, 7) is 0. The molecule has 0 atom stereocenters. The Morgan fingerprint density at radius 2 is 1.88 bits per heavy atom. The third-order valence-corrected chi connectivity index (χ3v) is 3.79. The number of carbonyl (C=O) groups is 2. The topological polar surface area (TPSA) is 89.2 Å². The number of rotatable bonds is 5. The zero-order chi connectivity index (χ0) is 17.8. The minimum Gasteiger partial charge on any atom is -0.444 e. The van der Waals surface area contributed by atoms with E-state index in [4.69, 9.17) is 4.42 Å². The number of furan rings is 1. The number of hydrogen-bond donors (Lipinski definition) is 2. The first-order valence-electron chi connectivity index (χ1n) is 7.44. The lowest BCUT2D eigenvalue weighted by Crippen LogP contribution is -2.14. The molecule has 25 heavy (non-hydrogen) atoms. The van der Waals surface area contributed by atoms with Crippen molar-refractivity contribution in [2.24, 2.45) is 7.05 Å². The fourth-order valence-corrected chi connectivity index (χ4v) is 2.52. The molecule has 0 aliphatic rings. The number of aromatic nitrogens is 2. The molecule has 0 unspecified atom stereocenters. The highest BCUT2D eigenvalue weighted by molar-refractivity contribution is 9.10. The Balaban J connectivity index is 1.56. The highest BCUT2D eigenvalue weighted by Crippen LogP contribution is 2.17. The Kier molecular flexibility index (Phi) is 4.99. The number of carbonyl (C=O) groups excluding carboxylic acids is 2. The monoisotopic (exact) mass is 402 g/mol. The predicted octanol–water partition coefficient (Wildman–Crippen LogP) is 3.21. The second kappa shape index (κ2) is 7.35. The van der Waals surface area contributed by atoms with Gasteiger partial charge in [0, 0.05) is 18.9 Å². The van der Waals surface area contributed by atoms with Crippen molar-refractivity contribution in [2.45, 2.75) is 6.42 Å². The second-order valence-corrected chi connectivity index (χ2v) is 6.16. The maximum atomic E-state index is 12.0. The molecule has 0 saturated heterocycles. The third-order valence-electron chi connectivity index (χ3n) is 3.36. The van der Waals surface area contributed by atoms with Gasteiger partial charge in [0.15, 0.2) is 10.4 Å². The number of nitrogens with zero attached hydrogens (tertiary/aromatic N) is 2. The molecule has 1 aromatic carbocycles. The van der Waals surface area contributed by atoms with E-state index in [1.165, 1.54) is 0 Å². The fourth-order valence-electron chi connectivity index (χ4n) is 2.21. The summed E-state index contributed by atoms with van der Waals surface area (Å²) in [5.74, 6) is -0.259. The van der Waals surface area contributed by atoms with Gasteiger partial charge in [0.05, 0.1) is 18.3 Å². The van der Waals surface area contributed by atoms with Crippen molar-refractivity contribution in [2.75, 3.05) is 10.6 Å². The number of anilines is 2. The molecule has 2 aromatic heterocycles. The Hall–Kier alpha value is -2.87. The SMILES string of the molecule is Cn1cc(NC(=O)Cc2ccc(NC(=O)c3ccc(Br)o3)cc2)cn1. The minimum absolute atomic E-state index is 0.134. The maximum Gasteiger partial charge on any atom is 0.291 e. The zero-order valence-electron chi connectivity index (χ0n) is 13.3. The molecule has 2 amide bonds. The zero-order valence-corrected chi connectivity index (χ0v) is 14.9. The van der Waals surface area contributed by atoms with E-state index in [1.54, 1.807) is 60.5 Å². The average molecular weight is 403 g/mol. The predicted molar refractivity (Wildman–Crippen MR) is 96.3 cm³/mol. The summed E-state index contributed by atoms with van der Waals surface area (Å²) < 4.78 is 7.31. The number of nitrogens with one attached hydrogen (secondary N) is 2. The van der Waals surface area contributed by atoms with E-state index in [1.807, 2.05) is 0 Å². The van der Waals surface area contributed by atoms with Gasteiger partial charge in [0.1, 0.15) is 0 Å². The highest BCUT2D eigenvalue weighted by Gasteiger charge is 2.11. The van der Waals surface area contributed by atoms with E-state index in [-0.39, 0.29) is 24.0 Å². The molecule has 0 aliphatic heterocycles. The van der Waals surface area contributed by atoms with Crippen LogP contribution in [-0.2, 0) is 18.3 Å². The van der Waals surface area contributed by atoms with Gasteiger partial charge < -0.3 is 15.1 Å². The second-order valence-electron chi connectivity index (χ2n) is 5.38. The molecule has 0 bridgehead atoms. The van der Waals surface area contributed by atoms with Crippen LogP contribution in [0.2, 0.25) is 0 Å². The molecule has 128 valence electrons. The number of halogens is 1. The van der Waals surface area contributed by atoms with Crippen LogP contribution in [0.4, 0.5) is 11.4 Å². The van der Waals surface area contributed by atoms with Crippen LogP contribution in [0, 0.1) is 0 Å². The van der Waals surface area contributed by atoms with Crippen LogP contribution in [0.5, 0.6) is 0 Å². The summed E-state index contributed by atoms with van der Waals surface area (Å²) in [5, 5.41) is 9.50. The molecule has 3 rings (SSSR count). The van der Waals surface area contributed by atoms with E-state index in [0.717, 1.165) is 5.56 Å². The van der Waals surface area contributed by atoms with Crippen molar-refractivity contribution < 1.29 is 14.0 Å². The van der Waals surface area contributed by atoms with Crippen molar-refractivity contribution >= 4 is 39.1 Å². The molecule has 0 spiro atoms. The van der Waals surface area contributed by atoms with Gasteiger partial charge in [-0.2, -0.15) is 5.10 Å². The maximum absolute atomic E-state index is 12.0. The Bertz CT molecular complexity index is 899. The number of aryl methyl sites for hydroxylation is 1. The summed E-state index contributed by atoms with van der Waals surface area (Å²) in [6, 6.07) is 10.3. The van der Waals surface area contributed by atoms with Gasteiger partial charge in [-0.1, -0.05) is 12.1 Å². The Morgan fingerprint density at radius 1 is 1.12 bits per heavy atom. The Morgan fingerprint density at radius 3 is 2.48 bits per heavy atom. The van der Waals surface area contributed by atoms with E-state index >= 15 is 0 Å². The van der Waals surface area contributed by atoms with Gasteiger partial charge in [-0.3, -0.25) is 14.3 Å². The molecular formula is C17H15BrN4O3. The number of hydrogen-bond acceptors (Lipinski definition) is 4. The fraction of sp³-hybridized carbons (Fsp3) is 0.118. The summed E-state index contributed by atoms with van der Waals surface area (Å²) in [5.41, 5.74) is 2.11. The summed E-state index contributed by atoms with van der Waals surface area (Å²) >= 11 is 3.15. The van der Waals surface area contributed by atoms with Crippen LogP contribution in [0.25, 0.3) is 0 Å². The first-order valence-corrected chi connectivity index (χ1v) is 8.23. The quantitative estimate of drug-likeness (QED) is 0.685. The molecule has 2 heterocycles. The molecular weight excluding hydrogens is 388 g/mol. The molecule has 0 aliphatic carbocycles. The molecule has 8 heteroatoms. The van der Waals surface area contributed by atoms with Crippen molar-refractivity contribution in [3.05, 3.63) is 64.8 Å². The molecule has 0 fully saturated rings. The van der Waals surface area contributed by atoms with Crippen LogP contribution in [0.1, 0.15) is 16.1 Å². The van der Waals surface area contributed by atoms with Crippen molar-refractivity contribution in [1.82, 2.24) is 9.78 Å². The minimum atomic E-state index is -0.340. The van der Waals surface area contributed by atoms with E-state index in [2.05, 4.69) is 31.7 Å². The van der Waals surface area contributed by atoms with Crippen LogP contribution in [0.15, 0.2) is 57.9 Å². The van der Waals surface area contributed by atoms with Gasteiger partial charge >= 0.3 is 0 Å². The lowest BCUT2D eigenvalue weighted by atomic mass is 10.1. The lowest BCUT2D eigenvalue weighted by Gasteiger charge is -2.06. The van der Waals surface area contributed by atoms with Crippen LogP contribution in [-0.4, -0.2) is 21.6 Å².